The first-order chi connectivity index (χ1) is 8.60. The second-order valence-electron chi connectivity index (χ2n) is 4.46. The summed E-state index contributed by atoms with van der Waals surface area (Å²) in [4.78, 5) is 12.1. The highest BCUT2D eigenvalue weighted by atomic mass is 16.4. The number of rotatable bonds is 4. The standard InChI is InChI=1S/C10H16N6O2/c1-16-6-13-14-7(16)5-12-9(17)10(3-2-4-10)8(11)15-18/h6,18H,2-5H2,1H3,(H2,11,15)(H,12,17). The van der Waals surface area contributed by atoms with Crippen LogP contribution in [0.3, 0.4) is 0 Å². The summed E-state index contributed by atoms with van der Waals surface area (Å²) in [6, 6.07) is 0. The average molecular weight is 252 g/mol. The molecule has 0 bridgehead atoms. The van der Waals surface area contributed by atoms with Gasteiger partial charge in [-0.25, -0.2) is 0 Å². The number of oxime groups is 1. The third-order valence-corrected chi connectivity index (χ3v) is 3.45. The molecule has 0 atom stereocenters. The highest BCUT2D eigenvalue weighted by Crippen LogP contribution is 2.41. The van der Waals surface area contributed by atoms with E-state index in [-0.39, 0.29) is 18.3 Å². The van der Waals surface area contributed by atoms with E-state index >= 15 is 0 Å². The Morgan fingerprint density at radius 1 is 1.72 bits per heavy atom. The zero-order valence-electron chi connectivity index (χ0n) is 10.1. The predicted octanol–water partition coefficient (Wildman–Crippen LogP) is -0.652. The quantitative estimate of drug-likeness (QED) is 0.285. The molecular weight excluding hydrogens is 236 g/mol. The van der Waals surface area contributed by atoms with E-state index in [2.05, 4.69) is 20.7 Å². The fraction of sp³-hybridized carbons (Fsp3) is 0.600. The Labute approximate surface area is 104 Å². The van der Waals surface area contributed by atoms with Crippen molar-refractivity contribution in [1.82, 2.24) is 20.1 Å². The Morgan fingerprint density at radius 2 is 2.44 bits per heavy atom. The highest BCUT2D eigenvalue weighted by molar-refractivity contribution is 6.07. The van der Waals surface area contributed by atoms with Crippen LogP contribution in [-0.4, -0.2) is 31.7 Å². The monoisotopic (exact) mass is 252 g/mol. The summed E-state index contributed by atoms with van der Waals surface area (Å²) in [6.07, 6.45) is 3.67. The van der Waals surface area contributed by atoms with E-state index in [1.165, 1.54) is 0 Å². The number of aryl methyl sites for hydroxylation is 1. The molecule has 0 unspecified atom stereocenters. The number of aromatic nitrogens is 3. The number of amidine groups is 1. The van der Waals surface area contributed by atoms with Gasteiger partial charge in [-0.15, -0.1) is 10.2 Å². The molecule has 8 nitrogen and oxygen atoms in total. The lowest BCUT2D eigenvalue weighted by Gasteiger charge is -2.38. The van der Waals surface area contributed by atoms with Crippen molar-refractivity contribution in [3.63, 3.8) is 0 Å². The molecule has 1 aliphatic rings. The second-order valence-corrected chi connectivity index (χ2v) is 4.46. The van der Waals surface area contributed by atoms with Crippen molar-refractivity contribution >= 4 is 11.7 Å². The van der Waals surface area contributed by atoms with Gasteiger partial charge < -0.3 is 20.8 Å². The lowest BCUT2D eigenvalue weighted by molar-refractivity contribution is -0.131. The number of hydrogen-bond acceptors (Lipinski definition) is 5. The van der Waals surface area contributed by atoms with Gasteiger partial charge in [-0.3, -0.25) is 4.79 Å². The maximum atomic E-state index is 12.1. The van der Waals surface area contributed by atoms with Crippen LogP contribution in [0.1, 0.15) is 25.1 Å². The highest BCUT2D eigenvalue weighted by Gasteiger charge is 2.48. The molecule has 2 rings (SSSR count). The summed E-state index contributed by atoms with van der Waals surface area (Å²) in [6.45, 7) is 0.274. The molecule has 1 heterocycles. The summed E-state index contributed by atoms with van der Waals surface area (Å²) in [7, 11) is 1.80. The van der Waals surface area contributed by atoms with Gasteiger partial charge in [-0.05, 0) is 12.8 Å². The molecular formula is C10H16N6O2. The Bertz CT molecular complexity index is 476. The molecule has 1 aromatic rings. The number of amides is 1. The molecule has 8 heteroatoms. The first-order valence-corrected chi connectivity index (χ1v) is 5.69. The molecule has 1 aromatic heterocycles. The van der Waals surface area contributed by atoms with Crippen LogP contribution in [0.25, 0.3) is 0 Å². The first-order valence-electron chi connectivity index (χ1n) is 5.69. The summed E-state index contributed by atoms with van der Waals surface area (Å²) in [5.74, 6) is 0.397. The molecule has 0 spiro atoms. The second kappa shape index (κ2) is 4.63. The van der Waals surface area contributed by atoms with E-state index in [0.29, 0.717) is 18.7 Å². The third kappa shape index (κ3) is 1.89. The Kier molecular flexibility index (Phi) is 3.17. The lowest BCUT2D eigenvalue weighted by atomic mass is 9.67. The van der Waals surface area contributed by atoms with Crippen molar-refractivity contribution in [1.29, 1.82) is 0 Å². The van der Waals surface area contributed by atoms with Crippen LogP contribution < -0.4 is 11.1 Å². The van der Waals surface area contributed by atoms with Gasteiger partial charge in [0.05, 0.1) is 6.54 Å². The first kappa shape index (κ1) is 12.3. The van der Waals surface area contributed by atoms with E-state index in [0.717, 1.165) is 6.42 Å². The van der Waals surface area contributed by atoms with Gasteiger partial charge in [0.25, 0.3) is 0 Å². The van der Waals surface area contributed by atoms with E-state index in [4.69, 9.17) is 10.9 Å². The van der Waals surface area contributed by atoms with Crippen LogP contribution in [0.15, 0.2) is 11.5 Å². The lowest BCUT2D eigenvalue weighted by Crippen LogP contribution is -2.53. The predicted molar refractivity (Wildman–Crippen MR) is 62.5 cm³/mol. The fourth-order valence-corrected chi connectivity index (χ4v) is 2.02. The minimum absolute atomic E-state index is 0.0239. The van der Waals surface area contributed by atoms with Gasteiger partial charge in [0.2, 0.25) is 5.91 Å². The maximum Gasteiger partial charge on any atom is 0.234 e. The van der Waals surface area contributed by atoms with Crippen molar-refractivity contribution in [2.24, 2.45) is 23.4 Å². The van der Waals surface area contributed by atoms with E-state index in [9.17, 15) is 4.79 Å². The molecule has 18 heavy (non-hydrogen) atoms. The van der Waals surface area contributed by atoms with Crippen LogP contribution in [-0.2, 0) is 18.4 Å². The molecule has 0 aliphatic heterocycles. The van der Waals surface area contributed by atoms with Crippen molar-refractivity contribution in [3.8, 4) is 0 Å². The SMILES string of the molecule is Cn1cnnc1CNC(=O)C1(C(N)=NO)CCC1. The molecule has 0 aromatic carbocycles. The fourth-order valence-electron chi connectivity index (χ4n) is 2.02. The summed E-state index contributed by atoms with van der Waals surface area (Å²) >= 11 is 0. The topological polar surface area (TPSA) is 118 Å². The molecule has 1 amide bonds. The van der Waals surface area contributed by atoms with Crippen molar-refractivity contribution in [3.05, 3.63) is 12.2 Å². The number of hydrogen-bond donors (Lipinski definition) is 3. The minimum Gasteiger partial charge on any atom is -0.409 e. The van der Waals surface area contributed by atoms with Crippen molar-refractivity contribution < 1.29 is 10.0 Å². The molecule has 0 saturated heterocycles. The van der Waals surface area contributed by atoms with Crippen LogP contribution in [0, 0.1) is 5.41 Å². The van der Waals surface area contributed by atoms with Crippen molar-refractivity contribution in [2.75, 3.05) is 0 Å². The normalized spacial score (nSPS) is 18.2. The summed E-state index contributed by atoms with van der Waals surface area (Å²) in [5, 5.41) is 22.0. The number of carbonyl (C=O) groups excluding carboxylic acids is 1. The van der Waals surface area contributed by atoms with Gasteiger partial charge in [0.15, 0.2) is 11.7 Å². The minimum atomic E-state index is -0.854. The molecule has 1 aliphatic carbocycles. The van der Waals surface area contributed by atoms with Gasteiger partial charge in [0, 0.05) is 7.05 Å². The van der Waals surface area contributed by atoms with E-state index < -0.39 is 5.41 Å². The number of carbonyl (C=O) groups is 1. The molecule has 1 fully saturated rings. The van der Waals surface area contributed by atoms with Crippen LogP contribution in [0.4, 0.5) is 0 Å². The number of nitrogens with one attached hydrogen (secondary N) is 1. The summed E-state index contributed by atoms with van der Waals surface area (Å²) < 4.78 is 1.72. The van der Waals surface area contributed by atoms with Gasteiger partial charge in [-0.1, -0.05) is 11.6 Å². The van der Waals surface area contributed by atoms with Gasteiger partial charge >= 0.3 is 0 Å². The largest absolute Gasteiger partial charge is 0.409 e. The zero-order chi connectivity index (χ0) is 13.2. The zero-order valence-corrected chi connectivity index (χ0v) is 10.1. The Balaban J connectivity index is 2.01. The molecule has 98 valence electrons. The van der Waals surface area contributed by atoms with Crippen LogP contribution >= 0.6 is 0 Å². The summed E-state index contributed by atoms with van der Waals surface area (Å²) in [5.41, 5.74) is 4.75. The average Bonchev–Trinajstić information content (AvgIpc) is 2.70. The van der Waals surface area contributed by atoms with E-state index in [1.807, 2.05) is 0 Å². The molecule has 1 saturated carbocycles. The Hall–Kier alpha value is -2.12. The third-order valence-electron chi connectivity index (χ3n) is 3.45. The number of nitrogens with zero attached hydrogens (tertiary/aromatic N) is 4. The molecule has 4 N–H and O–H groups in total. The maximum absolute atomic E-state index is 12.1. The Morgan fingerprint density at radius 3 is 2.89 bits per heavy atom. The van der Waals surface area contributed by atoms with Gasteiger partial charge in [0.1, 0.15) is 11.7 Å². The smallest absolute Gasteiger partial charge is 0.234 e. The van der Waals surface area contributed by atoms with E-state index in [1.54, 1.807) is 17.9 Å². The van der Waals surface area contributed by atoms with Crippen LogP contribution in [0.2, 0.25) is 0 Å². The van der Waals surface area contributed by atoms with Gasteiger partial charge in [-0.2, -0.15) is 0 Å². The number of nitrogens with two attached hydrogens (primary N) is 1. The van der Waals surface area contributed by atoms with Crippen LogP contribution in [0.5, 0.6) is 0 Å². The molecule has 0 radical (unpaired) electrons. The van der Waals surface area contributed by atoms with Crippen molar-refractivity contribution in [2.45, 2.75) is 25.8 Å².